The van der Waals surface area contributed by atoms with Crippen LogP contribution in [0, 0.1) is 5.92 Å². The molecule has 0 amide bonds. The fraction of sp³-hybridized carbons (Fsp3) is 0.556. The summed E-state index contributed by atoms with van der Waals surface area (Å²) in [7, 11) is 0. The van der Waals surface area contributed by atoms with Gasteiger partial charge in [-0.1, -0.05) is 11.6 Å². The molecule has 0 bridgehead atoms. The molecule has 0 aliphatic heterocycles. The predicted octanol–water partition coefficient (Wildman–Crippen LogP) is 2.34. The van der Waals surface area contributed by atoms with Crippen LogP contribution in [0.15, 0.2) is 12.4 Å². The van der Waals surface area contributed by atoms with Crippen LogP contribution >= 0.6 is 11.6 Å². The number of nitrogens with zero attached hydrogens (tertiary/aromatic N) is 2. The highest BCUT2D eigenvalue weighted by molar-refractivity contribution is 6.29. The van der Waals surface area contributed by atoms with Crippen molar-refractivity contribution >= 4 is 17.4 Å². The first-order valence-electron chi connectivity index (χ1n) is 4.50. The third kappa shape index (κ3) is 2.31. The molecule has 1 aliphatic rings. The van der Waals surface area contributed by atoms with Gasteiger partial charge in [0.05, 0.1) is 12.4 Å². The lowest BCUT2D eigenvalue weighted by molar-refractivity contribution is 0.690. The molecule has 1 fully saturated rings. The summed E-state index contributed by atoms with van der Waals surface area (Å²) >= 11 is 5.71. The van der Waals surface area contributed by atoms with Crippen molar-refractivity contribution < 1.29 is 0 Å². The van der Waals surface area contributed by atoms with Crippen LogP contribution in [-0.4, -0.2) is 16.0 Å². The van der Waals surface area contributed by atoms with E-state index in [1.807, 2.05) is 0 Å². The van der Waals surface area contributed by atoms with Crippen molar-refractivity contribution in [1.29, 1.82) is 0 Å². The molecule has 2 rings (SSSR count). The molecule has 13 heavy (non-hydrogen) atoms. The molecule has 0 unspecified atom stereocenters. The first-order chi connectivity index (χ1) is 6.25. The summed E-state index contributed by atoms with van der Waals surface area (Å²) in [6, 6.07) is 0.479. The lowest BCUT2D eigenvalue weighted by atomic mass is 10.2. The second kappa shape index (κ2) is 3.50. The summed E-state index contributed by atoms with van der Waals surface area (Å²) in [6.45, 7) is 2.17. The monoisotopic (exact) mass is 197 g/mol. The standard InChI is InChI=1S/C9H12ClN3/c1-6(7-2-3-7)12-9-5-11-4-8(10)13-9/h4-7H,2-3H2,1H3,(H,12,13)/t6-/m0/s1. The molecule has 0 radical (unpaired) electrons. The van der Waals surface area contributed by atoms with E-state index in [9.17, 15) is 0 Å². The number of halogens is 1. The van der Waals surface area contributed by atoms with E-state index in [4.69, 9.17) is 11.6 Å². The molecule has 0 spiro atoms. The number of hydrogen-bond donors (Lipinski definition) is 1. The molecule has 1 aromatic heterocycles. The topological polar surface area (TPSA) is 37.8 Å². The maximum Gasteiger partial charge on any atom is 0.149 e. The third-order valence-electron chi connectivity index (χ3n) is 2.31. The molecule has 1 saturated carbocycles. The van der Waals surface area contributed by atoms with E-state index in [2.05, 4.69) is 22.2 Å². The Kier molecular flexibility index (Phi) is 2.36. The van der Waals surface area contributed by atoms with Gasteiger partial charge in [0.25, 0.3) is 0 Å². The Labute approximate surface area is 82.5 Å². The van der Waals surface area contributed by atoms with Crippen molar-refractivity contribution in [2.24, 2.45) is 5.92 Å². The molecule has 1 aromatic rings. The van der Waals surface area contributed by atoms with Crippen LogP contribution in [-0.2, 0) is 0 Å². The molecule has 3 nitrogen and oxygen atoms in total. The zero-order valence-electron chi connectivity index (χ0n) is 7.50. The molecule has 1 N–H and O–H groups in total. The Hall–Kier alpha value is -0.830. The van der Waals surface area contributed by atoms with E-state index in [0.29, 0.717) is 11.2 Å². The fourth-order valence-corrected chi connectivity index (χ4v) is 1.51. The van der Waals surface area contributed by atoms with E-state index in [-0.39, 0.29) is 0 Å². The largest absolute Gasteiger partial charge is 0.366 e. The summed E-state index contributed by atoms with van der Waals surface area (Å²) in [5.41, 5.74) is 0. The Morgan fingerprint density at radius 3 is 2.92 bits per heavy atom. The van der Waals surface area contributed by atoms with Crippen LogP contribution in [0.1, 0.15) is 19.8 Å². The van der Waals surface area contributed by atoms with E-state index in [1.54, 1.807) is 6.20 Å². The van der Waals surface area contributed by atoms with Crippen molar-refractivity contribution in [3.8, 4) is 0 Å². The molecular formula is C9H12ClN3. The fourth-order valence-electron chi connectivity index (χ4n) is 1.36. The average molecular weight is 198 g/mol. The smallest absolute Gasteiger partial charge is 0.149 e. The van der Waals surface area contributed by atoms with E-state index >= 15 is 0 Å². The molecule has 1 atom stereocenters. The van der Waals surface area contributed by atoms with Crippen molar-refractivity contribution in [2.75, 3.05) is 5.32 Å². The number of aromatic nitrogens is 2. The zero-order valence-corrected chi connectivity index (χ0v) is 8.25. The normalized spacial score (nSPS) is 18.3. The van der Waals surface area contributed by atoms with Crippen molar-refractivity contribution in [2.45, 2.75) is 25.8 Å². The summed E-state index contributed by atoms with van der Waals surface area (Å²) in [5.74, 6) is 1.58. The lowest BCUT2D eigenvalue weighted by Crippen LogP contribution is -2.18. The maximum absolute atomic E-state index is 5.71. The molecule has 0 saturated heterocycles. The van der Waals surface area contributed by atoms with E-state index in [1.165, 1.54) is 19.0 Å². The molecule has 1 heterocycles. The van der Waals surface area contributed by atoms with Crippen molar-refractivity contribution in [3.05, 3.63) is 17.5 Å². The molecule has 4 heteroatoms. The number of rotatable bonds is 3. The minimum absolute atomic E-state index is 0.438. The Balaban J connectivity index is 2.00. The van der Waals surface area contributed by atoms with Crippen LogP contribution < -0.4 is 5.32 Å². The van der Waals surface area contributed by atoms with Crippen molar-refractivity contribution in [1.82, 2.24) is 9.97 Å². The summed E-state index contributed by atoms with van der Waals surface area (Å²) in [5, 5.41) is 3.72. The van der Waals surface area contributed by atoms with Crippen LogP contribution in [0.4, 0.5) is 5.82 Å². The minimum Gasteiger partial charge on any atom is -0.366 e. The van der Waals surface area contributed by atoms with Crippen LogP contribution in [0.5, 0.6) is 0 Å². The van der Waals surface area contributed by atoms with Gasteiger partial charge in [-0.05, 0) is 25.7 Å². The van der Waals surface area contributed by atoms with Gasteiger partial charge in [-0.25, -0.2) is 4.98 Å². The highest BCUT2D eigenvalue weighted by Crippen LogP contribution is 2.33. The van der Waals surface area contributed by atoms with Gasteiger partial charge in [-0.3, -0.25) is 4.98 Å². The average Bonchev–Trinajstić information content (AvgIpc) is 2.85. The quantitative estimate of drug-likeness (QED) is 0.809. The zero-order chi connectivity index (χ0) is 9.26. The second-order valence-electron chi connectivity index (χ2n) is 3.50. The summed E-state index contributed by atoms with van der Waals surface area (Å²) in [6.07, 6.45) is 5.88. The van der Waals surface area contributed by atoms with Gasteiger partial charge in [0.1, 0.15) is 11.0 Å². The van der Waals surface area contributed by atoms with Gasteiger partial charge >= 0.3 is 0 Å². The van der Waals surface area contributed by atoms with Gasteiger partial charge in [0.2, 0.25) is 0 Å². The first kappa shape index (κ1) is 8.75. The number of hydrogen-bond acceptors (Lipinski definition) is 3. The highest BCUT2D eigenvalue weighted by Gasteiger charge is 2.27. The summed E-state index contributed by atoms with van der Waals surface area (Å²) in [4.78, 5) is 8.08. The molecule has 70 valence electrons. The van der Waals surface area contributed by atoms with Crippen molar-refractivity contribution in [3.63, 3.8) is 0 Å². The van der Waals surface area contributed by atoms with Gasteiger partial charge in [0.15, 0.2) is 0 Å². The Morgan fingerprint density at radius 1 is 1.54 bits per heavy atom. The lowest BCUT2D eigenvalue weighted by Gasteiger charge is -2.12. The SMILES string of the molecule is C[C@H](Nc1cncc(Cl)n1)C1CC1. The van der Waals surface area contributed by atoms with Crippen LogP contribution in [0.25, 0.3) is 0 Å². The third-order valence-corrected chi connectivity index (χ3v) is 2.49. The van der Waals surface area contributed by atoms with E-state index in [0.717, 1.165) is 11.7 Å². The van der Waals surface area contributed by atoms with Crippen LogP contribution in [0.3, 0.4) is 0 Å². The van der Waals surface area contributed by atoms with E-state index < -0.39 is 0 Å². The highest BCUT2D eigenvalue weighted by atomic mass is 35.5. The van der Waals surface area contributed by atoms with Gasteiger partial charge < -0.3 is 5.32 Å². The maximum atomic E-state index is 5.71. The number of anilines is 1. The molecular weight excluding hydrogens is 186 g/mol. The summed E-state index contributed by atoms with van der Waals surface area (Å²) < 4.78 is 0. The Morgan fingerprint density at radius 2 is 2.31 bits per heavy atom. The predicted molar refractivity (Wildman–Crippen MR) is 52.9 cm³/mol. The molecule has 0 aromatic carbocycles. The molecule has 1 aliphatic carbocycles. The van der Waals surface area contributed by atoms with Gasteiger partial charge in [-0.15, -0.1) is 0 Å². The number of nitrogens with one attached hydrogen (secondary N) is 1. The Bertz CT molecular complexity index is 299. The van der Waals surface area contributed by atoms with Gasteiger partial charge in [0, 0.05) is 6.04 Å². The van der Waals surface area contributed by atoms with Gasteiger partial charge in [-0.2, -0.15) is 0 Å². The minimum atomic E-state index is 0.438. The first-order valence-corrected chi connectivity index (χ1v) is 4.87. The van der Waals surface area contributed by atoms with Crippen LogP contribution in [0.2, 0.25) is 5.15 Å². The second-order valence-corrected chi connectivity index (χ2v) is 3.88.